The smallest absolute Gasteiger partial charge is 0.139 e. The number of hydrogen-bond donors (Lipinski definition) is 1. The maximum atomic E-state index is 8.81. The van der Waals surface area contributed by atoms with E-state index in [1.807, 2.05) is 31.2 Å². The van der Waals surface area contributed by atoms with E-state index in [2.05, 4.69) is 6.07 Å². The maximum absolute atomic E-state index is 8.81. The van der Waals surface area contributed by atoms with Crippen molar-refractivity contribution in [3.63, 3.8) is 0 Å². The number of nitrogens with two attached hydrogens (primary N) is 1. The first-order valence-electron chi connectivity index (χ1n) is 6.70. The molecule has 2 aromatic rings. The third kappa shape index (κ3) is 3.74. The molecule has 0 spiro atoms. The Morgan fingerprint density at radius 3 is 2.38 bits per heavy atom. The normalized spacial score (nSPS) is 13.0. The summed E-state index contributed by atoms with van der Waals surface area (Å²) in [6.45, 7) is 1.90. The summed E-state index contributed by atoms with van der Waals surface area (Å²) in [5, 5.41) is 8.81. The fourth-order valence-electron chi connectivity index (χ4n) is 2.05. The topological polar surface area (TPSA) is 68.3 Å². The molecule has 0 aliphatic carbocycles. The van der Waals surface area contributed by atoms with E-state index in [1.165, 1.54) is 0 Å². The van der Waals surface area contributed by atoms with Gasteiger partial charge in [0.2, 0.25) is 0 Å². The molecule has 2 rings (SSSR count). The molecule has 2 N–H and O–H groups in total. The second-order valence-electron chi connectivity index (χ2n) is 4.81. The van der Waals surface area contributed by atoms with Crippen molar-refractivity contribution in [3.8, 4) is 17.6 Å². The Morgan fingerprint density at radius 1 is 1.10 bits per heavy atom. The molecule has 0 fully saturated rings. The van der Waals surface area contributed by atoms with Crippen LogP contribution in [0.2, 0.25) is 0 Å². The van der Waals surface area contributed by atoms with Gasteiger partial charge in [-0.3, -0.25) is 0 Å². The van der Waals surface area contributed by atoms with Crippen LogP contribution in [0.25, 0.3) is 0 Å². The second kappa shape index (κ2) is 6.78. The van der Waals surface area contributed by atoms with Crippen LogP contribution in [0.15, 0.2) is 48.5 Å². The van der Waals surface area contributed by atoms with E-state index < -0.39 is 0 Å². The molecule has 4 nitrogen and oxygen atoms in total. The van der Waals surface area contributed by atoms with Gasteiger partial charge in [-0.15, -0.1) is 0 Å². The summed E-state index contributed by atoms with van der Waals surface area (Å²) in [6, 6.07) is 16.5. The summed E-state index contributed by atoms with van der Waals surface area (Å²) in [5.74, 6) is 1.45. The molecule has 2 aromatic carbocycles. The standard InChI is InChI=1S/C17H18N2O2/c1-12(19)17(14-4-3-5-16(10-14)20-2)21-15-8-6-13(11-18)7-9-15/h3-10,12,17H,19H2,1-2H3. The van der Waals surface area contributed by atoms with E-state index in [1.54, 1.807) is 31.4 Å². The van der Waals surface area contributed by atoms with Crippen LogP contribution < -0.4 is 15.2 Å². The predicted octanol–water partition coefficient (Wildman–Crippen LogP) is 3.03. The molecule has 0 aromatic heterocycles. The highest BCUT2D eigenvalue weighted by Gasteiger charge is 2.18. The summed E-state index contributed by atoms with van der Waals surface area (Å²) in [5.41, 5.74) is 7.60. The van der Waals surface area contributed by atoms with Gasteiger partial charge in [-0.25, -0.2) is 0 Å². The van der Waals surface area contributed by atoms with Crippen molar-refractivity contribution in [2.24, 2.45) is 5.73 Å². The molecule has 0 radical (unpaired) electrons. The first-order valence-corrected chi connectivity index (χ1v) is 6.70. The highest BCUT2D eigenvalue weighted by Crippen LogP contribution is 2.26. The van der Waals surface area contributed by atoms with E-state index in [4.69, 9.17) is 20.5 Å². The number of ether oxygens (including phenoxy) is 2. The van der Waals surface area contributed by atoms with Gasteiger partial charge in [0.25, 0.3) is 0 Å². The Hall–Kier alpha value is -2.51. The molecule has 108 valence electrons. The van der Waals surface area contributed by atoms with Crippen molar-refractivity contribution in [1.82, 2.24) is 0 Å². The fraction of sp³-hybridized carbons (Fsp3) is 0.235. The second-order valence-corrected chi connectivity index (χ2v) is 4.81. The Kier molecular flexibility index (Phi) is 4.81. The largest absolute Gasteiger partial charge is 0.497 e. The zero-order chi connectivity index (χ0) is 15.2. The van der Waals surface area contributed by atoms with Gasteiger partial charge in [0, 0.05) is 6.04 Å². The van der Waals surface area contributed by atoms with Gasteiger partial charge in [-0.2, -0.15) is 5.26 Å². The highest BCUT2D eigenvalue weighted by atomic mass is 16.5. The number of rotatable bonds is 5. The summed E-state index contributed by atoms with van der Waals surface area (Å²) in [4.78, 5) is 0. The molecular weight excluding hydrogens is 264 g/mol. The molecule has 0 saturated heterocycles. The van der Waals surface area contributed by atoms with Crippen LogP contribution in [-0.2, 0) is 0 Å². The lowest BCUT2D eigenvalue weighted by Crippen LogP contribution is -2.29. The Morgan fingerprint density at radius 2 is 1.81 bits per heavy atom. The van der Waals surface area contributed by atoms with E-state index in [0.29, 0.717) is 11.3 Å². The molecule has 0 saturated carbocycles. The Labute approximate surface area is 124 Å². The van der Waals surface area contributed by atoms with Crippen LogP contribution in [0.1, 0.15) is 24.2 Å². The molecule has 4 heteroatoms. The molecule has 0 amide bonds. The van der Waals surface area contributed by atoms with Gasteiger partial charge in [0.15, 0.2) is 0 Å². The van der Waals surface area contributed by atoms with E-state index >= 15 is 0 Å². The molecule has 0 heterocycles. The first-order chi connectivity index (χ1) is 10.1. The zero-order valence-corrected chi connectivity index (χ0v) is 12.1. The quantitative estimate of drug-likeness (QED) is 0.915. The van der Waals surface area contributed by atoms with Gasteiger partial charge >= 0.3 is 0 Å². The number of nitriles is 1. The molecular formula is C17H18N2O2. The van der Waals surface area contributed by atoms with E-state index in [9.17, 15) is 0 Å². The summed E-state index contributed by atoms with van der Waals surface area (Å²) < 4.78 is 11.2. The summed E-state index contributed by atoms with van der Waals surface area (Å²) >= 11 is 0. The Balaban J connectivity index is 2.24. The average molecular weight is 282 g/mol. The van der Waals surface area contributed by atoms with Crippen LogP contribution in [0.3, 0.4) is 0 Å². The van der Waals surface area contributed by atoms with Crippen LogP contribution >= 0.6 is 0 Å². The van der Waals surface area contributed by atoms with Crippen LogP contribution in [0.4, 0.5) is 0 Å². The van der Waals surface area contributed by atoms with Gasteiger partial charge in [-0.1, -0.05) is 12.1 Å². The fourth-order valence-corrected chi connectivity index (χ4v) is 2.05. The monoisotopic (exact) mass is 282 g/mol. The number of methoxy groups -OCH3 is 1. The van der Waals surface area contributed by atoms with Crippen molar-refractivity contribution in [2.75, 3.05) is 7.11 Å². The molecule has 2 unspecified atom stereocenters. The minimum atomic E-state index is -0.284. The summed E-state index contributed by atoms with van der Waals surface area (Å²) in [6.07, 6.45) is -0.284. The van der Waals surface area contributed by atoms with Crippen LogP contribution in [0, 0.1) is 11.3 Å². The molecule has 21 heavy (non-hydrogen) atoms. The van der Waals surface area contributed by atoms with Crippen LogP contribution in [-0.4, -0.2) is 13.2 Å². The van der Waals surface area contributed by atoms with E-state index in [-0.39, 0.29) is 12.1 Å². The SMILES string of the molecule is COc1cccc(C(Oc2ccc(C#N)cc2)C(C)N)c1. The van der Waals surface area contributed by atoms with Crippen molar-refractivity contribution < 1.29 is 9.47 Å². The van der Waals surface area contributed by atoms with E-state index in [0.717, 1.165) is 11.3 Å². The van der Waals surface area contributed by atoms with Crippen LogP contribution in [0.5, 0.6) is 11.5 Å². The minimum Gasteiger partial charge on any atom is -0.497 e. The van der Waals surface area contributed by atoms with Gasteiger partial charge in [0.1, 0.15) is 17.6 Å². The highest BCUT2D eigenvalue weighted by molar-refractivity contribution is 5.36. The lowest BCUT2D eigenvalue weighted by atomic mass is 10.0. The third-order valence-electron chi connectivity index (χ3n) is 3.15. The zero-order valence-electron chi connectivity index (χ0n) is 12.1. The van der Waals surface area contributed by atoms with Crippen molar-refractivity contribution in [1.29, 1.82) is 5.26 Å². The third-order valence-corrected chi connectivity index (χ3v) is 3.15. The summed E-state index contributed by atoms with van der Waals surface area (Å²) in [7, 11) is 1.63. The lowest BCUT2D eigenvalue weighted by Gasteiger charge is -2.23. The number of benzene rings is 2. The Bertz CT molecular complexity index is 630. The lowest BCUT2D eigenvalue weighted by molar-refractivity contribution is 0.180. The number of nitrogens with zero attached hydrogens (tertiary/aromatic N) is 1. The van der Waals surface area contributed by atoms with Crippen molar-refractivity contribution in [2.45, 2.75) is 19.1 Å². The molecule has 0 aliphatic rings. The maximum Gasteiger partial charge on any atom is 0.139 e. The van der Waals surface area contributed by atoms with Crippen molar-refractivity contribution in [3.05, 3.63) is 59.7 Å². The van der Waals surface area contributed by atoms with Crippen molar-refractivity contribution >= 4 is 0 Å². The average Bonchev–Trinajstić information content (AvgIpc) is 2.53. The minimum absolute atomic E-state index is 0.187. The van der Waals surface area contributed by atoms with Gasteiger partial charge in [0.05, 0.1) is 18.7 Å². The first kappa shape index (κ1) is 14.9. The van der Waals surface area contributed by atoms with Gasteiger partial charge < -0.3 is 15.2 Å². The van der Waals surface area contributed by atoms with Gasteiger partial charge in [-0.05, 0) is 48.9 Å². The molecule has 2 atom stereocenters. The predicted molar refractivity (Wildman–Crippen MR) is 81.2 cm³/mol. The molecule has 0 aliphatic heterocycles. The molecule has 0 bridgehead atoms. The number of hydrogen-bond acceptors (Lipinski definition) is 4.